The number of nitrogens with one attached hydrogen (secondary N) is 1. The van der Waals surface area contributed by atoms with Crippen LogP contribution in [0.25, 0.3) is 0 Å². The van der Waals surface area contributed by atoms with Crippen LogP contribution >= 0.6 is 0 Å². The molecule has 1 amide bonds. The zero-order chi connectivity index (χ0) is 19.7. The van der Waals surface area contributed by atoms with Crippen molar-refractivity contribution in [2.75, 3.05) is 14.2 Å². The van der Waals surface area contributed by atoms with Crippen molar-refractivity contribution in [3.05, 3.63) is 34.4 Å². The molecule has 26 heavy (non-hydrogen) atoms. The second-order valence-corrected chi connectivity index (χ2v) is 7.86. The van der Waals surface area contributed by atoms with Crippen molar-refractivity contribution in [2.45, 2.75) is 64.4 Å². The Labute approximate surface area is 155 Å². The number of benzene rings is 1. The number of nitriles is 1. The van der Waals surface area contributed by atoms with Gasteiger partial charge >= 0.3 is 6.09 Å². The summed E-state index contributed by atoms with van der Waals surface area (Å²) < 4.78 is 16.4. The van der Waals surface area contributed by atoms with Crippen molar-refractivity contribution >= 4 is 6.09 Å². The molecule has 1 aliphatic rings. The number of rotatable bonds is 5. The zero-order valence-electron chi connectivity index (χ0n) is 16.6. The van der Waals surface area contributed by atoms with Gasteiger partial charge in [0.1, 0.15) is 11.1 Å². The summed E-state index contributed by atoms with van der Waals surface area (Å²) in [4.78, 5) is 12.4. The zero-order valence-corrected chi connectivity index (χ0v) is 16.6. The van der Waals surface area contributed by atoms with E-state index in [-0.39, 0.29) is 5.92 Å². The lowest BCUT2D eigenvalue weighted by Gasteiger charge is -2.29. The van der Waals surface area contributed by atoms with Crippen molar-refractivity contribution < 1.29 is 19.0 Å². The number of alkyl carbamates (subject to hydrolysis) is 1. The molecule has 1 aromatic carbocycles. The average Bonchev–Trinajstić information content (AvgIpc) is 3.19. The topological polar surface area (TPSA) is 80.6 Å². The molecule has 6 nitrogen and oxygen atoms in total. The van der Waals surface area contributed by atoms with Gasteiger partial charge in [-0.3, -0.25) is 0 Å². The van der Waals surface area contributed by atoms with E-state index in [4.69, 9.17) is 19.5 Å². The van der Waals surface area contributed by atoms with Gasteiger partial charge in [-0.15, -0.1) is 0 Å². The van der Waals surface area contributed by atoms with E-state index in [9.17, 15) is 4.79 Å². The van der Waals surface area contributed by atoms with Crippen LogP contribution in [0.3, 0.4) is 0 Å². The Morgan fingerprint density at radius 3 is 2.23 bits per heavy atom. The number of ether oxygens (including phenoxy) is 3. The molecule has 1 unspecified atom stereocenters. The molecule has 0 aromatic heterocycles. The van der Waals surface area contributed by atoms with E-state index in [1.807, 2.05) is 46.8 Å². The molecule has 0 radical (unpaired) electrons. The predicted molar refractivity (Wildman–Crippen MR) is 97.9 cm³/mol. The highest BCUT2D eigenvalue weighted by atomic mass is 16.7. The van der Waals surface area contributed by atoms with Crippen molar-refractivity contribution in [3.8, 4) is 6.07 Å². The van der Waals surface area contributed by atoms with Gasteiger partial charge in [0.25, 0.3) is 0 Å². The fourth-order valence-corrected chi connectivity index (χ4v) is 3.70. The van der Waals surface area contributed by atoms with Gasteiger partial charge in [-0.1, -0.05) is 0 Å². The molecule has 1 fully saturated rings. The molecule has 0 spiro atoms. The number of hydrogen-bond acceptors (Lipinski definition) is 5. The van der Waals surface area contributed by atoms with Crippen LogP contribution < -0.4 is 5.32 Å². The van der Waals surface area contributed by atoms with Gasteiger partial charge in [-0.2, -0.15) is 5.26 Å². The van der Waals surface area contributed by atoms with Gasteiger partial charge < -0.3 is 19.5 Å². The van der Waals surface area contributed by atoms with Crippen LogP contribution in [0.1, 0.15) is 55.4 Å². The highest BCUT2D eigenvalue weighted by Gasteiger charge is 2.63. The van der Waals surface area contributed by atoms with Crippen molar-refractivity contribution in [1.29, 1.82) is 5.26 Å². The van der Waals surface area contributed by atoms with Crippen LogP contribution in [0.2, 0.25) is 0 Å². The first kappa shape index (κ1) is 20.2. The van der Waals surface area contributed by atoms with Crippen LogP contribution in [0.4, 0.5) is 4.79 Å². The van der Waals surface area contributed by atoms with Gasteiger partial charge in [0.05, 0.1) is 11.6 Å². The number of nitrogens with zero attached hydrogens (tertiary/aromatic N) is 1. The van der Waals surface area contributed by atoms with Gasteiger partial charge in [-0.05, 0) is 69.9 Å². The maximum absolute atomic E-state index is 12.4. The van der Waals surface area contributed by atoms with Crippen molar-refractivity contribution in [1.82, 2.24) is 5.32 Å². The summed E-state index contributed by atoms with van der Waals surface area (Å²) in [6.45, 7) is 9.43. The maximum atomic E-state index is 12.4. The monoisotopic (exact) mass is 360 g/mol. The molecule has 0 heterocycles. The lowest BCUT2D eigenvalue weighted by molar-refractivity contribution is -0.131. The van der Waals surface area contributed by atoms with Crippen molar-refractivity contribution in [3.63, 3.8) is 0 Å². The minimum atomic E-state index is -0.699. The Kier molecular flexibility index (Phi) is 5.64. The van der Waals surface area contributed by atoms with E-state index in [2.05, 4.69) is 11.4 Å². The van der Waals surface area contributed by atoms with Crippen LogP contribution in [-0.2, 0) is 14.2 Å². The standard InChI is InChI=1S/C20H28N2O4/c1-12-8-14(11-21)9-13(2)16(12)15-10-20(15,17(24-6)25-7)22-18(23)26-19(3,4)5/h8-9,15,17H,10H2,1-7H3,(H,22,23)/t15-,20?/m1/s1. The fraction of sp³-hybridized carbons (Fsp3) is 0.600. The number of hydrogen-bond donors (Lipinski definition) is 1. The first-order valence-corrected chi connectivity index (χ1v) is 8.66. The molecule has 0 bridgehead atoms. The van der Waals surface area contributed by atoms with Crippen molar-refractivity contribution in [2.24, 2.45) is 0 Å². The molecule has 1 aromatic rings. The summed E-state index contributed by atoms with van der Waals surface area (Å²) in [5.74, 6) is 0.0210. The molecule has 1 N–H and O–H groups in total. The first-order chi connectivity index (χ1) is 12.1. The Bertz CT molecular complexity index is 705. The Balaban J connectivity index is 2.36. The number of aryl methyl sites for hydroxylation is 2. The Morgan fingerprint density at radius 2 is 1.81 bits per heavy atom. The minimum absolute atomic E-state index is 0.0210. The third-order valence-corrected chi connectivity index (χ3v) is 4.66. The van der Waals surface area contributed by atoms with E-state index < -0.39 is 23.5 Å². The van der Waals surface area contributed by atoms with Crippen LogP contribution in [0.5, 0.6) is 0 Å². The largest absolute Gasteiger partial charge is 0.444 e. The molecule has 0 aliphatic heterocycles. The number of amides is 1. The molecule has 6 heteroatoms. The van der Waals surface area contributed by atoms with Gasteiger partial charge in [0.2, 0.25) is 0 Å². The lowest BCUT2D eigenvalue weighted by atomic mass is 9.93. The van der Waals surface area contributed by atoms with E-state index >= 15 is 0 Å². The van der Waals surface area contributed by atoms with Crippen LogP contribution in [0.15, 0.2) is 12.1 Å². The summed E-state index contributed by atoms with van der Waals surface area (Å²) in [6.07, 6.45) is -0.427. The lowest BCUT2D eigenvalue weighted by Crippen LogP contribution is -2.50. The first-order valence-electron chi connectivity index (χ1n) is 8.66. The third-order valence-electron chi connectivity index (χ3n) is 4.66. The van der Waals surface area contributed by atoms with Gasteiger partial charge in [0.15, 0.2) is 6.29 Å². The SMILES string of the molecule is COC(OC)C1(NC(=O)OC(C)(C)C)C[C@@H]1c1c(C)cc(C#N)cc1C. The number of carbonyl (C=O) groups excluding carboxylic acids is 1. The van der Waals surface area contributed by atoms with E-state index in [0.29, 0.717) is 12.0 Å². The molecule has 2 atom stereocenters. The Morgan fingerprint density at radius 1 is 1.27 bits per heavy atom. The average molecular weight is 360 g/mol. The summed E-state index contributed by atoms with van der Waals surface area (Å²) in [6, 6.07) is 5.92. The van der Waals surface area contributed by atoms with Crippen LogP contribution in [0, 0.1) is 25.2 Å². The third kappa shape index (κ3) is 4.00. The predicted octanol–water partition coefficient (Wildman–Crippen LogP) is 3.54. The van der Waals surface area contributed by atoms with Gasteiger partial charge in [0, 0.05) is 20.1 Å². The molecular formula is C20H28N2O4. The molecular weight excluding hydrogens is 332 g/mol. The second kappa shape index (κ2) is 7.26. The Hall–Kier alpha value is -2.10. The fourth-order valence-electron chi connectivity index (χ4n) is 3.70. The quantitative estimate of drug-likeness (QED) is 0.812. The number of methoxy groups -OCH3 is 2. The van der Waals surface area contributed by atoms with Crippen LogP contribution in [-0.4, -0.2) is 37.7 Å². The summed E-state index contributed by atoms with van der Waals surface area (Å²) in [5, 5.41) is 12.1. The molecule has 1 aliphatic carbocycles. The van der Waals surface area contributed by atoms with E-state index in [1.54, 1.807) is 14.2 Å². The highest BCUT2D eigenvalue weighted by molar-refractivity contribution is 5.70. The maximum Gasteiger partial charge on any atom is 0.408 e. The molecule has 1 saturated carbocycles. The second-order valence-electron chi connectivity index (χ2n) is 7.86. The molecule has 0 saturated heterocycles. The van der Waals surface area contributed by atoms with E-state index in [1.165, 1.54) is 0 Å². The van der Waals surface area contributed by atoms with Gasteiger partial charge in [-0.25, -0.2) is 4.79 Å². The number of carbonyl (C=O) groups is 1. The summed E-state index contributed by atoms with van der Waals surface area (Å²) in [5.41, 5.74) is 2.49. The molecule has 142 valence electrons. The minimum Gasteiger partial charge on any atom is -0.444 e. The van der Waals surface area contributed by atoms with E-state index in [0.717, 1.165) is 16.7 Å². The highest BCUT2D eigenvalue weighted by Crippen LogP contribution is 2.56. The summed E-state index contributed by atoms with van der Waals surface area (Å²) >= 11 is 0. The molecule has 2 rings (SSSR count). The normalized spacial score (nSPS) is 22.0. The summed E-state index contributed by atoms with van der Waals surface area (Å²) in [7, 11) is 3.11. The smallest absolute Gasteiger partial charge is 0.408 e.